The molecule has 0 bridgehead atoms. The van der Waals surface area contributed by atoms with Gasteiger partial charge in [0.15, 0.2) is 0 Å². The van der Waals surface area contributed by atoms with Gasteiger partial charge >= 0.3 is 5.69 Å². The number of nitrogens with one attached hydrogen (secondary N) is 1. The van der Waals surface area contributed by atoms with Gasteiger partial charge < -0.3 is 5.32 Å². The molecule has 9 heteroatoms. The second kappa shape index (κ2) is 6.45. The largest absolute Gasteiger partial charge is 0.364 e. The Labute approximate surface area is 105 Å². The second-order valence-corrected chi connectivity index (χ2v) is 5.09. The molecule has 1 unspecified atom stereocenters. The number of rotatable bonds is 6. The molecule has 0 saturated heterocycles. The maximum Gasteiger partial charge on any atom is 0.348 e. The molecule has 1 aromatic heterocycles. The third-order valence-corrected chi connectivity index (χ3v) is 3.00. The molecule has 1 N–H and O–H groups in total. The number of halogens is 1. The van der Waals surface area contributed by atoms with Crippen LogP contribution >= 0.6 is 11.6 Å². The number of anilines is 1. The first-order valence-electron chi connectivity index (χ1n) is 4.71. The van der Waals surface area contributed by atoms with Gasteiger partial charge in [0.1, 0.15) is 6.33 Å². The van der Waals surface area contributed by atoms with Crippen molar-refractivity contribution in [3.8, 4) is 0 Å². The van der Waals surface area contributed by atoms with Crippen molar-refractivity contribution >= 4 is 33.9 Å². The van der Waals surface area contributed by atoms with Crippen molar-refractivity contribution in [1.29, 1.82) is 0 Å². The van der Waals surface area contributed by atoms with E-state index in [9.17, 15) is 14.3 Å². The lowest BCUT2D eigenvalue weighted by Gasteiger charge is -2.05. The van der Waals surface area contributed by atoms with Gasteiger partial charge in [0.2, 0.25) is 11.0 Å². The van der Waals surface area contributed by atoms with Crippen molar-refractivity contribution in [2.75, 3.05) is 23.9 Å². The molecule has 1 aromatic rings. The Morgan fingerprint density at radius 2 is 2.29 bits per heavy atom. The summed E-state index contributed by atoms with van der Waals surface area (Å²) in [5.41, 5.74) is -0.341. The summed E-state index contributed by atoms with van der Waals surface area (Å²) < 4.78 is 10.8. The van der Waals surface area contributed by atoms with Crippen molar-refractivity contribution in [2.45, 2.75) is 6.42 Å². The summed E-state index contributed by atoms with van der Waals surface area (Å²) in [4.78, 5) is 17.4. The van der Waals surface area contributed by atoms with Gasteiger partial charge in [-0.25, -0.2) is 9.97 Å². The van der Waals surface area contributed by atoms with E-state index in [0.29, 0.717) is 18.7 Å². The molecule has 0 fully saturated rings. The average Bonchev–Trinajstić information content (AvgIpc) is 2.23. The van der Waals surface area contributed by atoms with Crippen molar-refractivity contribution in [2.24, 2.45) is 0 Å². The standard InChI is InChI=1S/C8H11ClN4O3S/c1-17(16)4-2-3-10-8-6(13(14)15)7(9)11-5-12-8/h5H,2-4H2,1H3,(H,10,11,12). The van der Waals surface area contributed by atoms with E-state index in [1.165, 1.54) is 0 Å². The molecule has 0 aliphatic heterocycles. The minimum Gasteiger partial charge on any atom is -0.364 e. The Morgan fingerprint density at radius 3 is 2.88 bits per heavy atom. The number of hydrogen-bond donors (Lipinski definition) is 1. The Bertz CT molecular complexity index is 443. The van der Waals surface area contributed by atoms with Crippen LogP contribution in [-0.4, -0.2) is 37.7 Å². The van der Waals surface area contributed by atoms with E-state index in [2.05, 4.69) is 15.3 Å². The summed E-state index contributed by atoms with van der Waals surface area (Å²) in [6.07, 6.45) is 3.38. The first kappa shape index (κ1) is 13.8. The third-order valence-electron chi connectivity index (χ3n) is 1.86. The van der Waals surface area contributed by atoms with Crippen LogP contribution in [0.1, 0.15) is 6.42 Å². The van der Waals surface area contributed by atoms with Crippen molar-refractivity contribution in [3.05, 3.63) is 21.6 Å². The van der Waals surface area contributed by atoms with Crippen LogP contribution < -0.4 is 5.32 Å². The van der Waals surface area contributed by atoms with Gasteiger partial charge in [-0.3, -0.25) is 14.3 Å². The zero-order chi connectivity index (χ0) is 12.8. The Morgan fingerprint density at radius 1 is 1.59 bits per heavy atom. The lowest BCUT2D eigenvalue weighted by atomic mass is 10.4. The number of hydrogen-bond acceptors (Lipinski definition) is 6. The minimum atomic E-state index is -0.875. The lowest BCUT2D eigenvalue weighted by molar-refractivity contribution is -0.384. The first-order valence-corrected chi connectivity index (χ1v) is 6.81. The molecule has 7 nitrogen and oxygen atoms in total. The van der Waals surface area contributed by atoms with Crippen LogP contribution in [0.2, 0.25) is 5.15 Å². The number of aromatic nitrogens is 2. The van der Waals surface area contributed by atoms with Crippen LogP contribution in [0.4, 0.5) is 11.5 Å². The average molecular weight is 279 g/mol. The highest BCUT2D eigenvalue weighted by atomic mass is 35.5. The summed E-state index contributed by atoms with van der Waals surface area (Å²) in [5, 5.41) is 13.3. The first-order chi connectivity index (χ1) is 8.02. The van der Waals surface area contributed by atoms with Crippen molar-refractivity contribution in [1.82, 2.24) is 9.97 Å². The minimum absolute atomic E-state index is 0.0804. The topological polar surface area (TPSA) is 98.0 Å². The van der Waals surface area contributed by atoms with E-state index in [1.807, 2.05) is 0 Å². The van der Waals surface area contributed by atoms with Crippen LogP contribution in [0.15, 0.2) is 6.33 Å². The molecule has 0 aromatic carbocycles. The number of nitrogens with zero attached hydrogens (tertiary/aromatic N) is 3. The molecule has 1 atom stereocenters. The monoisotopic (exact) mass is 278 g/mol. The fourth-order valence-corrected chi connectivity index (χ4v) is 1.88. The normalized spacial score (nSPS) is 12.1. The molecule has 17 heavy (non-hydrogen) atoms. The zero-order valence-corrected chi connectivity index (χ0v) is 10.6. The van der Waals surface area contributed by atoms with Crippen molar-refractivity contribution in [3.63, 3.8) is 0 Å². The Hall–Kier alpha value is -1.28. The van der Waals surface area contributed by atoms with Gasteiger partial charge in [-0.05, 0) is 6.42 Å². The third kappa shape index (κ3) is 4.23. The molecule has 0 aliphatic carbocycles. The molecule has 0 amide bonds. The molecular formula is C8H11ClN4O3S. The van der Waals surface area contributed by atoms with Crippen LogP contribution in [0.25, 0.3) is 0 Å². The maximum atomic E-state index is 10.8. The van der Waals surface area contributed by atoms with E-state index >= 15 is 0 Å². The molecule has 0 spiro atoms. The summed E-state index contributed by atoms with van der Waals surface area (Å²) in [5.74, 6) is 0.608. The fraction of sp³-hybridized carbons (Fsp3) is 0.500. The van der Waals surface area contributed by atoms with Crippen LogP contribution in [0.3, 0.4) is 0 Å². The van der Waals surface area contributed by atoms with Gasteiger partial charge in [0.05, 0.1) is 4.92 Å². The zero-order valence-electron chi connectivity index (χ0n) is 9.05. The second-order valence-electron chi connectivity index (χ2n) is 3.18. The summed E-state index contributed by atoms with van der Waals surface area (Å²) >= 11 is 5.61. The summed E-state index contributed by atoms with van der Waals surface area (Å²) in [7, 11) is -0.875. The van der Waals surface area contributed by atoms with Crippen LogP contribution in [0.5, 0.6) is 0 Å². The Kier molecular flexibility index (Phi) is 5.23. The predicted molar refractivity (Wildman–Crippen MR) is 65.7 cm³/mol. The van der Waals surface area contributed by atoms with Crippen LogP contribution in [-0.2, 0) is 10.8 Å². The highest BCUT2D eigenvalue weighted by molar-refractivity contribution is 7.84. The van der Waals surface area contributed by atoms with Gasteiger partial charge in [-0.1, -0.05) is 11.6 Å². The van der Waals surface area contributed by atoms with E-state index in [-0.39, 0.29) is 16.7 Å². The predicted octanol–water partition coefficient (Wildman–Crippen LogP) is 1.22. The molecule has 1 rings (SSSR count). The highest BCUT2D eigenvalue weighted by Crippen LogP contribution is 2.27. The number of nitro groups is 1. The van der Waals surface area contributed by atoms with Crippen molar-refractivity contribution < 1.29 is 9.13 Å². The van der Waals surface area contributed by atoms with E-state index < -0.39 is 15.7 Å². The van der Waals surface area contributed by atoms with E-state index in [1.54, 1.807) is 6.26 Å². The molecule has 0 saturated carbocycles. The quantitative estimate of drug-likeness (QED) is 0.364. The molecular weight excluding hydrogens is 268 g/mol. The van der Waals surface area contributed by atoms with Gasteiger partial charge in [0.25, 0.3) is 0 Å². The van der Waals surface area contributed by atoms with E-state index in [4.69, 9.17) is 11.6 Å². The van der Waals surface area contributed by atoms with Gasteiger partial charge in [-0.15, -0.1) is 0 Å². The van der Waals surface area contributed by atoms with Gasteiger partial charge in [-0.2, -0.15) is 0 Å². The molecule has 1 heterocycles. The summed E-state index contributed by atoms with van der Waals surface area (Å²) in [6.45, 7) is 0.438. The summed E-state index contributed by atoms with van der Waals surface area (Å²) in [6, 6.07) is 0. The Balaban J connectivity index is 2.67. The molecule has 0 aliphatic rings. The fourth-order valence-electron chi connectivity index (χ4n) is 1.13. The molecule has 0 radical (unpaired) electrons. The van der Waals surface area contributed by atoms with Gasteiger partial charge in [0, 0.05) is 29.4 Å². The lowest BCUT2D eigenvalue weighted by Crippen LogP contribution is -2.09. The smallest absolute Gasteiger partial charge is 0.348 e. The van der Waals surface area contributed by atoms with E-state index in [0.717, 1.165) is 6.33 Å². The van der Waals surface area contributed by atoms with Crippen LogP contribution in [0, 0.1) is 10.1 Å². The molecule has 94 valence electrons. The highest BCUT2D eigenvalue weighted by Gasteiger charge is 2.20. The SMILES string of the molecule is CS(=O)CCCNc1ncnc(Cl)c1[N+](=O)[O-]. The maximum absolute atomic E-state index is 10.8.